The van der Waals surface area contributed by atoms with Crippen LogP contribution in [0.5, 0.6) is 0 Å². The quantitative estimate of drug-likeness (QED) is 0.593. The van der Waals surface area contributed by atoms with E-state index in [2.05, 4.69) is 37.7 Å². The van der Waals surface area contributed by atoms with Crippen LogP contribution in [0.25, 0.3) is 15.6 Å². The zero-order valence-electron chi connectivity index (χ0n) is 9.91. The van der Waals surface area contributed by atoms with Crippen LogP contribution in [0.1, 0.15) is 30.9 Å². The van der Waals surface area contributed by atoms with Gasteiger partial charge in [-0.15, -0.1) is 0 Å². The van der Waals surface area contributed by atoms with Gasteiger partial charge in [0.05, 0.1) is 6.57 Å². The zero-order valence-corrected chi connectivity index (χ0v) is 9.91. The van der Waals surface area contributed by atoms with Gasteiger partial charge in [0, 0.05) is 0 Å². The minimum absolute atomic E-state index is 0.396. The lowest BCUT2D eigenvalue weighted by Crippen LogP contribution is -1.91. The first-order chi connectivity index (χ1) is 7.65. The van der Waals surface area contributed by atoms with Crippen LogP contribution in [0.4, 0.5) is 5.69 Å². The molecule has 0 atom stereocenters. The predicted molar refractivity (Wildman–Crippen MR) is 69.0 cm³/mol. The number of aryl methyl sites for hydroxylation is 1. The summed E-state index contributed by atoms with van der Waals surface area (Å²) in [6.45, 7) is 13.7. The molecular weight excluding hydrogens is 194 g/mol. The first-order valence-corrected chi connectivity index (χ1v) is 5.55. The first kappa shape index (κ1) is 10.7. The van der Waals surface area contributed by atoms with Crippen molar-refractivity contribution in [3.8, 4) is 0 Å². The van der Waals surface area contributed by atoms with Crippen LogP contribution >= 0.6 is 0 Å². The van der Waals surface area contributed by atoms with Crippen molar-refractivity contribution in [1.29, 1.82) is 0 Å². The first-order valence-electron chi connectivity index (χ1n) is 5.55. The number of fused-ring (bicyclic) bond motifs is 1. The third kappa shape index (κ3) is 1.57. The topological polar surface area (TPSA) is 4.36 Å². The SMILES string of the molecule is [C-]#[N+]c1c(C(C)C)cc(C)c2ccccc12. The van der Waals surface area contributed by atoms with Crippen LogP contribution < -0.4 is 0 Å². The van der Waals surface area contributed by atoms with Crippen molar-refractivity contribution < 1.29 is 0 Å². The molecule has 0 N–H and O–H groups in total. The van der Waals surface area contributed by atoms with Crippen molar-refractivity contribution >= 4 is 16.5 Å². The molecule has 0 bridgehead atoms. The smallest absolute Gasteiger partial charge is 0.198 e. The molecule has 0 aliphatic carbocycles. The second kappa shape index (κ2) is 3.98. The molecule has 0 radical (unpaired) electrons. The fraction of sp³-hybridized carbons (Fsp3) is 0.267. The summed E-state index contributed by atoms with van der Waals surface area (Å²) < 4.78 is 0. The highest BCUT2D eigenvalue weighted by Crippen LogP contribution is 2.36. The highest BCUT2D eigenvalue weighted by Gasteiger charge is 2.12. The van der Waals surface area contributed by atoms with Crippen LogP contribution in [0.3, 0.4) is 0 Å². The third-order valence-electron chi connectivity index (χ3n) is 2.99. The van der Waals surface area contributed by atoms with E-state index in [-0.39, 0.29) is 0 Å². The standard InChI is InChI=1S/C15H15N/c1-10(2)14-9-11(3)12-7-5-6-8-13(12)15(14)16-4/h5-10H,1-3H3. The van der Waals surface area contributed by atoms with E-state index in [0.29, 0.717) is 5.92 Å². The van der Waals surface area contributed by atoms with E-state index in [4.69, 9.17) is 6.57 Å². The maximum atomic E-state index is 7.36. The number of nitrogens with zero attached hydrogens (tertiary/aromatic N) is 1. The summed E-state index contributed by atoms with van der Waals surface area (Å²) in [4.78, 5) is 3.71. The highest BCUT2D eigenvalue weighted by atomic mass is 14.7. The number of benzene rings is 2. The lowest BCUT2D eigenvalue weighted by Gasteiger charge is -2.13. The Morgan fingerprint density at radius 3 is 2.31 bits per heavy atom. The lowest BCUT2D eigenvalue weighted by atomic mass is 9.93. The second-order valence-electron chi connectivity index (χ2n) is 4.44. The van der Waals surface area contributed by atoms with Crippen molar-refractivity contribution in [3.63, 3.8) is 0 Å². The highest BCUT2D eigenvalue weighted by molar-refractivity contribution is 5.98. The molecule has 2 aromatic rings. The van der Waals surface area contributed by atoms with Crippen LogP contribution in [-0.4, -0.2) is 0 Å². The van der Waals surface area contributed by atoms with Crippen LogP contribution in [-0.2, 0) is 0 Å². The van der Waals surface area contributed by atoms with Crippen molar-refractivity contribution in [3.05, 3.63) is 52.9 Å². The molecule has 0 unspecified atom stereocenters. The molecule has 2 aromatic carbocycles. The molecule has 16 heavy (non-hydrogen) atoms. The minimum atomic E-state index is 0.396. The normalized spacial score (nSPS) is 10.7. The fourth-order valence-corrected chi connectivity index (χ4v) is 2.13. The summed E-state index contributed by atoms with van der Waals surface area (Å²) in [6.07, 6.45) is 0. The van der Waals surface area contributed by atoms with Gasteiger partial charge in [0.1, 0.15) is 0 Å². The fourth-order valence-electron chi connectivity index (χ4n) is 2.13. The Morgan fingerprint density at radius 1 is 1.12 bits per heavy atom. The molecule has 0 amide bonds. The second-order valence-corrected chi connectivity index (χ2v) is 4.44. The molecule has 0 heterocycles. The number of hydrogen-bond donors (Lipinski definition) is 0. The van der Waals surface area contributed by atoms with Gasteiger partial charge in [-0.2, -0.15) is 0 Å². The Kier molecular flexibility index (Phi) is 2.66. The molecule has 0 fully saturated rings. The van der Waals surface area contributed by atoms with Gasteiger partial charge in [-0.05, 0) is 34.7 Å². The van der Waals surface area contributed by atoms with Gasteiger partial charge in [-0.1, -0.05) is 44.2 Å². The van der Waals surface area contributed by atoms with E-state index in [1.54, 1.807) is 0 Å². The predicted octanol–water partition coefficient (Wildman–Crippen LogP) is 4.82. The average molecular weight is 209 g/mol. The molecule has 0 saturated carbocycles. The monoisotopic (exact) mass is 209 g/mol. The van der Waals surface area contributed by atoms with Gasteiger partial charge >= 0.3 is 0 Å². The van der Waals surface area contributed by atoms with Crippen LogP contribution in [0.15, 0.2) is 30.3 Å². The third-order valence-corrected chi connectivity index (χ3v) is 2.99. The van der Waals surface area contributed by atoms with Crippen molar-refractivity contribution in [2.75, 3.05) is 0 Å². The van der Waals surface area contributed by atoms with E-state index in [1.165, 1.54) is 10.9 Å². The molecule has 0 spiro atoms. The largest absolute Gasteiger partial charge is 0.237 e. The minimum Gasteiger partial charge on any atom is -0.237 e. The Hall–Kier alpha value is -1.81. The van der Waals surface area contributed by atoms with Crippen LogP contribution in [0.2, 0.25) is 0 Å². The van der Waals surface area contributed by atoms with Gasteiger partial charge in [0.25, 0.3) is 0 Å². The Morgan fingerprint density at radius 2 is 1.75 bits per heavy atom. The number of hydrogen-bond acceptors (Lipinski definition) is 0. The molecule has 1 heteroatoms. The van der Waals surface area contributed by atoms with Gasteiger partial charge in [-0.25, -0.2) is 4.85 Å². The average Bonchev–Trinajstić information content (AvgIpc) is 2.29. The molecule has 1 nitrogen and oxygen atoms in total. The summed E-state index contributed by atoms with van der Waals surface area (Å²) in [6, 6.07) is 10.3. The van der Waals surface area contributed by atoms with E-state index in [0.717, 1.165) is 16.6 Å². The zero-order chi connectivity index (χ0) is 11.7. The maximum Gasteiger partial charge on any atom is 0.198 e. The number of rotatable bonds is 1. The molecule has 80 valence electrons. The van der Waals surface area contributed by atoms with Crippen LogP contribution in [0, 0.1) is 13.5 Å². The molecule has 2 rings (SSSR count). The van der Waals surface area contributed by atoms with Crippen molar-refractivity contribution in [2.24, 2.45) is 0 Å². The molecule has 0 aliphatic heterocycles. The van der Waals surface area contributed by atoms with Gasteiger partial charge in [0.2, 0.25) is 0 Å². The van der Waals surface area contributed by atoms with Gasteiger partial charge in [-0.3, -0.25) is 0 Å². The van der Waals surface area contributed by atoms with Gasteiger partial charge in [0.15, 0.2) is 5.69 Å². The molecule has 0 aliphatic rings. The van der Waals surface area contributed by atoms with E-state index < -0.39 is 0 Å². The van der Waals surface area contributed by atoms with E-state index >= 15 is 0 Å². The molecular formula is C15H15N. The Bertz CT molecular complexity index is 574. The lowest BCUT2D eigenvalue weighted by molar-refractivity contribution is 0.871. The summed E-state index contributed by atoms with van der Waals surface area (Å²) >= 11 is 0. The van der Waals surface area contributed by atoms with Crippen molar-refractivity contribution in [2.45, 2.75) is 26.7 Å². The molecule has 0 saturated heterocycles. The Labute approximate surface area is 96.5 Å². The summed E-state index contributed by atoms with van der Waals surface area (Å²) in [5.74, 6) is 0.396. The summed E-state index contributed by atoms with van der Waals surface area (Å²) in [5, 5.41) is 2.28. The van der Waals surface area contributed by atoms with E-state index in [9.17, 15) is 0 Å². The summed E-state index contributed by atoms with van der Waals surface area (Å²) in [5.41, 5.74) is 3.23. The van der Waals surface area contributed by atoms with Crippen molar-refractivity contribution in [1.82, 2.24) is 0 Å². The Balaban J connectivity index is 2.92. The van der Waals surface area contributed by atoms with Gasteiger partial charge < -0.3 is 0 Å². The maximum absolute atomic E-state index is 7.36. The molecule has 0 aromatic heterocycles. The van der Waals surface area contributed by atoms with E-state index in [1.807, 2.05) is 18.2 Å². The summed E-state index contributed by atoms with van der Waals surface area (Å²) in [7, 11) is 0.